The summed E-state index contributed by atoms with van der Waals surface area (Å²) in [6.07, 6.45) is -5.18. The normalized spacial score (nSPS) is 24.6. The number of benzene rings is 1. The molecule has 1 amide bonds. The third-order valence-electron chi connectivity index (χ3n) is 4.32. The van der Waals surface area contributed by atoms with E-state index in [1.54, 1.807) is 30.3 Å². The Labute approximate surface area is 184 Å². The first-order chi connectivity index (χ1) is 15.1. The van der Waals surface area contributed by atoms with Gasteiger partial charge in [0, 0.05) is 33.3 Å². The lowest BCUT2D eigenvalue weighted by Gasteiger charge is -2.44. The van der Waals surface area contributed by atoms with Crippen molar-refractivity contribution in [3.05, 3.63) is 35.9 Å². The van der Waals surface area contributed by atoms with Gasteiger partial charge in [0.1, 0.15) is 18.8 Å². The van der Waals surface area contributed by atoms with E-state index in [0.717, 1.165) is 20.8 Å². The lowest BCUT2D eigenvalue weighted by atomic mass is 9.95. The minimum absolute atomic E-state index is 0.279. The average Bonchev–Trinajstić information content (AvgIpc) is 2.70. The van der Waals surface area contributed by atoms with Crippen molar-refractivity contribution in [3.8, 4) is 0 Å². The maximum absolute atomic E-state index is 12.8. The number of hydrogen-bond acceptors (Lipinski definition) is 10. The molecule has 0 aliphatic carbocycles. The van der Waals surface area contributed by atoms with E-state index in [1.807, 2.05) is 0 Å². The molecule has 11 nitrogen and oxygen atoms in total. The molecule has 0 spiro atoms. The molecule has 174 valence electrons. The van der Waals surface area contributed by atoms with Crippen molar-refractivity contribution in [2.75, 3.05) is 6.61 Å². The summed E-state index contributed by atoms with van der Waals surface area (Å²) in [5.41, 5.74) is 0.279. The maximum Gasteiger partial charge on any atom is 0.305 e. The first-order valence-corrected chi connectivity index (χ1v) is 9.75. The van der Waals surface area contributed by atoms with Gasteiger partial charge in [0.15, 0.2) is 12.2 Å². The summed E-state index contributed by atoms with van der Waals surface area (Å²) in [6.45, 7) is 4.16. The summed E-state index contributed by atoms with van der Waals surface area (Å²) in [5.74, 6) is -3.44. The van der Waals surface area contributed by atoms with Gasteiger partial charge in [0.2, 0.25) is 6.29 Å². The van der Waals surface area contributed by atoms with Crippen molar-refractivity contribution >= 4 is 29.8 Å². The largest absolute Gasteiger partial charge is 0.463 e. The van der Waals surface area contributed by atoms with Crippen LogP contribution >= 0.6 is 0 Å². The number of carbonyl (C=O) groups excluding carboxylic acids is 5. The van der Waals surface area contributed by atoms with E-state index < -0.39 is 60.4 Å². The zero-order valence-corrected chi connectivity index (χ0v) is 18.1. The van der Waals surface area contributed by atoms with Gasteiger partial charge in [-0.2, -0.15) is 0 Å². The molecule has 0 aromatic heterocycles. The van der Waals surface area contributed by atoms with Crippen molar-refractivity contribution in [1.82, 2.24) is 5.32 Å². The van der Waals surface area contributed by atoms with E-state index in [-0.39, 0.29) is 12.2 Å². The van der Waals surface area contributed by atoms with Crippen molar-refractivity contribution in [1.29, 1.82) is 0 Å². The molecule has 1 aliphatic heterocycles. The second-order valence-electron chi connectivity index (χ2n) is 6.97. The molecule has 2 unspecified atom stereocenters. The number of nitrogens with one attached hydrogen (secondary N) is 1. The number of esters is 4. The van der Waals surface area contributed by atoms with Crippen molar-refractivity contribution < 1.29 is 47.7 Å². The van der Waals surface area contributed by atoms with Crippen LogP contribution in [0.15, 0.2) is 30.3 Å². The quantitative estimate of drug-likeness (QED) is 0.460. The van der Waals surface area contributed by atoms with Crippen LogP contribution in [0, 0.1) is 0 Å². The Hall–Kier alpha value is -3.47. The van der Waals surface area contributed by atoms with E-state index in [4.69, 9.17) is 23.7 Å². The highest BCUT2D eigenvalue weighted by atomic mass is 16.7. The first kappa shape index (κ1) is 24.8. The van der Waals surface area contributed by atoms with Crippen LogP contribution in [0.1, 0.15) is 38.1 Å². The predicted octanol–water partition coefficient (Wildman–Crippen LogP) is 0.500. The fourth-order valence-electron chi connectivity index (χ4n) is 3.14. The Morgan fingerprint density at radius 2 is 1.38 bits per heavy atom. The van der Waals surface area contributed by atoms with Crippen LogP contribution < -0.4 is 5.32 Å². The van der Waals surface area contributed by atoms with Gasteiger partial charge >= 0.3 is 23.9 Å². The number of hydrogen-bond donors (Lipinski definition) is 1. The number of rotatable bonds is 7. The summed E-state index contributed by atoms with van der Waals surface area (Å²) < 4.78 is 26.5. The molecule has 0 radical (unpaired) electrons. The van der Waals surface area contributed by atoms with E-state index in [0.29, 0.717) is 0 Å². The van der Waals surface area contributed by atoms with Crippen LogP contribution in [-0.4, -0.2) is 67.0 Å². The number of amides is 1. The molecular weight excluding hydrogens is 426 g/mol. The van der Waals surface area contributed by atoms with Gasteiger partial charge in [0.05, 0.1) is 0 Å². The Kier molecular flexibility index (Phi) is 8.71. The second-order valence-corrected chi connectivity index (χ2v) is 6.97. The third kappa shape index (κ3) is 7.05. The Bertz CT molecular complexity index is 855. The van der Waals surface area contributed by atoms with Crippen molar-refractivity contribution in [3.63, 3.8) is 0 Å². The van der Waals surface area contributed by atoms with Crippen LogP contribution in [0.5, 0.6) is 0 Å². The molecule has 0 saturated carbocycles. The molecule has 1 heterocycles. The van der Waals surface area contributed by atoms with Crippen LogP contribution in [0.25, 0.3) is 0 Å². The third-order valence-corrected chi connectivity index (χ3v) is 4.32. The summed E-state index contributed by atoms with van der Waals surface area (Å²) in [7, 11) is 0. The molecule has 11 heteroatoms. The minimum Gasteiger partial charge on any atom is -0.463 e. The monoisotopic (exact) mass is 451 g/mol. The van der Waals surface area contributed by atoms with Gasteiger partial charge in [-0.3, -0.25) is 24.0 Å². The molecule has 32 heavy (non-hydrogen) atoms. The molecular formula is C21H25NO10. The van der Waals surface area contributed by atoms with Crippen LogP contribution in [-0.2, 0) is 42.9 Å². The second kappa shape index (κ2) is 11.2. The van der Waals surface area contributed by atoms with E-state index in [9.17, 15) is 24.0 Å². The van der Waals surface area contributed by atoms with Gasteiger partial charge in [0.25, 0.3) is 5.91 Å². The SMILES string of the molecule is CC(=O)OCC1OC(OC(C)=O)[C@H](NC(=O)c2ccccc2)[C@@H](OC(C)=O)[C@@H]1OC(C)=O. The molecule has 2 rings (SSSR count). The summed E-state index contributed by atoms with van der Waals surface area (Å²) in [4.78, 5) is 59.3. The first-order valence-electron chi connectivity index (χ1n) is 9.75. The van der Waals surface area contributed by atoms with Crippen molar-refractivity contribution in [2.24, 2.45) is 0 Å². The topological polar surface area (TPSA) is 144 Å². The van der Waals surface area contributed by atoms with Gasteiger partial charge in [-0.05, 0) is 12.1 Å². The van der Waals surface area contributed by atoms with Gasteiger partial charge in [-0.1, -0.05) is 18.2 Å². The summed E-state index contributed by atoms with van der Waals surface area (Å²) in [5, 5.41) is 2.62. The Morgan fingerprint density at radius 1 is 0.812 bits per heavy atom. The molecule has 0 bridgehead atoms. The summed E-state index contributed by atoms with van der Waals surface area (Å²) >= 11 is 0. The van der Waals surface area contributed by atoms with Crippen LogP contribution in [0.4, 0.5) is 0 Å². The Balaban J connectivity index is 2.44. The highest BCUT2D eigenvalue weighted by Crippen LogP contribution is 2.28. The molecule has 1 fully saturated rings. The summed E-state index contributed by atoms with van der Waals surface area (Å²) in [6, 6.07) is 6.88. The fourth-order valence-corrected chi connectivity index (χ4v) is 3.14. The molecule has 1 N–H and O–H groups in total. The zero-order chi connectivity index (χ0) is 23.8. The lowest BCUT2D eigenvalue weighted by Crippen LogP contribution is -2.67. The predicted molar refractivity (Wildman–Crippen MR) is 106 cm³/mol. The molecule has 1 saturated heterocycles. The Morgan fingerprint density at radius 3 is 1.91 bits per heavy atom. The van der Waals surface area contributed by atoms with E-state index in [2.05, 4.69) is 5.32 Å². The zero-order valence-electron chi connectivity index (χ0n) is 18.1. The van der Waals surface area contributed by atoms with Gasteiger partial charge in [-0.15, -0.1) is 0 Å². The number of carbonyl (C=O) groups is 5. The highest BCUT2D eigenvalue weighted by molar-refractivity contribution is 5.94. The lowest BCUT2D eigenvalue weighted by molar-refractivity contribution is -0.270. The standard InChI is InChI=1S/C21H25NO10/c1-11(23)28-10-16-18(29-12(2)24)19(30-13(3)25)17(21(32-16)31-14(4)26)22-20(27)15-8-6-5-7-9-15/h5-9,16-19,21H,10H2,1-4H3,(H,22,27)/t16?,17-,18-,19-,21?/m1/s1. The fraction of sp³-hybridized carbons (Fsp3) is 0.476. The molecule has 1 aromatic carbocycles. The molecule has 5 atom stereocenters. The van der Waals surface area contributed by atoms with Crippen LogP contribution in [0.3, 0.4) is 0 Å². The smallest absolute Gasteiger partial charge is 0.305 e. The van der Waals surface area contributed by atoms with Crippen LogP contribution in [0.2, 0.25) is 0 Å². The molecule has 1 aromatic rings. The number of ether oxygens (including phenoxy) is 5. The van der Waals surface area contributed by atoms with Gasteiger partial charge in [-0.25, -0.2) is 0 Å². The average molecular weight is 451 g/mol. The van der Waals surface area contributed by atoms with Gasteiger partial charge < -0.3 is 29.0 Å². The highest BCUT2D eigenvalue weighted by Gasteiger charge is 2.52. The van der Waals surface area contributed by atoms with Crippen molar-refractivity contribution in [2.45, 2.75) is 58.3 Å². The van der Waals surface area contributed by atoms with E-state index >= 15 is 0 Å². The maximum atomic E-state index is 12.8. The minimum atomic E-state index is -1.43. The van der Waals surface area contributed by atoms with E-state index in [1.165, 1.54) is 6.92 Å². The molecule has 1 aliphatic rings.